The summed E-state index contributed by atoms with van der Waals surface area (Å²) in [6.07, 6.45) is 0. The first-order valence-electron chi connectivity index (χ1n) is 3.92. The van der Waals surface area contributed by atoms with Crippen LogP contribution in [-0.2, 0) is 0 Å². The Hall–Kier alpha value is -1.50. The lowest BCUT2D eigenvalue weighted by Crippen LogP contribution is -2.56. The highest BCUT2D eigenvalue weighted by atomic mass is 16.2. The molecule has 1 aliphatic heterocycles. The summed E-state index contributed by atoms with van der Waals surface area (Å²) in [4.78, 5) is 16.4. The molecule has 1 saturated heterocycles. The van der Waals surface area contributed by atoms with E-state index < -0.39 is 0 Å². The fourth-order valence-electron chi connectivity index (χ4n) is 0.869. The third kappa shape index (κ3) is 3.16. The quantitative estimate of drug-likeness (QED) is 0.296. The summed E-state index contributed by atoms with van der Waals surface area (Å²) in [5, 5.41) is 8.14. The lowest BCUT2D eigenvalue weighted by molar-refractivity contribution is 0.180. The van der Waals surface area contributed by atoms with Crippen molar-refractivity contribution in [3.63, 3.8) is 0 Å². The lowest BCUT2D eigenvalue weighted by atomic mass is 10.6. The maximum absolute atomic E-state index is 10.7. The van der Waals surface area contributed by atoms with Gasteiger partial charge in [-0.3, -0.25) is 9.89 Å². The monoisotopic (exact) mass is 186 g/mol. The molecule has 0 aromatic heterocycles. The lowest BCUT2D eigenvalue weighted by Gasteiger charge is -2.27. The Morgan fingerprint density at radius 3 is 2.85 bits per heavy atom. The summed E-state index contributed by atoms with van der Waals surface area (Å²) < 4.78 is 0. The molecule has 0 saturated carbocycles. The van der Waals surface area contributed by atoms with Crippen LogP contribution in [0.4, 0.5) is 4.79 Å². The predicted molar refractivity (Wildman–Crippen MR) is 48.8 cm³/mol. The topological polar surface area (TPSA) is 94.8 Å². The van der Waals surface area contributed by atoms with E-state index in [1.807, 2.05) is 4.90 Å². The van der Waals surface area contributed by atoms with Gasteiger partial charge < -0.3 is 21.7 Å². The first-order valence-corrected chi connectivity index (χ1v) is 3.92. The molecule has 5 N–H and O–H groups in total. The number of rotatable bonds is 2. The van der Waals surface area contributed by atoms with Crippen LogP contribution in [0.3, 0.4) is 0 Å². The number of nitrogens with two attached hydrogens (primary N) is 1. The molecule has 0 unspecified atom stereocenters. The minimum Gasteiger partial charge on any atom is -0.370 e. The number of nitrogens with zero attached hydrogens (tertiary/aromatic N) is 2. The third-order valence-electron chi connectivity index (χ3n) is 1.65. The number of hydrogen-bond acceptors (Lipinski definition) is 3. The van der Waals surface area contributed by atoms with Crippen LogP contribution in [0, 0.1) is 0 Å². The first kappa shape index (κ1) is 9.59. The van der Waals surface area contributed by atoms with Crippen molar-refractivity contribution >= 4 is 12.0 Å². The van der Waals surface area contributed by atoms with Gasteiger partial charge in [-0.25, -0.2) is 4.79 Å². The predicted octanol–water partition coefficient (Wildman–Crippen LogP) is -1.99. The van der Waals surface area contributed by atoms with E-state index in [0.717, 1.165) is 0 Å². The molecule has 0 aromatic rings. The van der Waals surface area contributed by atoms with Crippen LogP contribution in [0.15, 0.2) is 4.99 Å². The molecule has 0 spiro atoms. The van der Waals surface area contributed by atoms with Crippen molar-refractivity contribution in [1.29, 1.82) is 0 Å². The van der Waals surface area contributed by atoms with Gasteiger partial charge in [0.1, 0.15) is 0 Å². The molecule has 0 aliphatic carbocycles. The maximum atomic E-state index is 10.7. The van der Waals surface area contributed by atoms with Crippen molar-refractivity contribution in [3.05, 3.63) is 0 Å². The molecule has 0 atom stereocenters. The summed E-state index contributed by atoms with van der Waals surface area (Å²) in [6.45, 7) is 1.57. The molecular weight excluding hydrogens is 172 g/mol. The largest absolute Gasteiger partial charge is 0.370 e. The number of urea groups is 1. The van der Waals surface area contributed by atoms with Crippen LogP contribution < -0.4 is 21.7 Å². The van der Waals surface area contributed by atoms with Crippen molar-refractivity contribution in [2.45, 2.75) is 0 Å². The molecule has 1 rings (SSSR count). The number of carbonyl (C=O) groups is 1. The van der Waals surface area contributed by atoms with Gasteiger partial charge in [-0.15, -0.1) is 0 Å². The molecule has 7 nitrogen and oxygen atoms in total. The Labute approximate surface area is 76.4 Å². The highest BCUT2D eigenvalue weighted by Crippen LogP contribution is 1.85. The smallest absolute Gasteiger partial charge is 0.316 e. The Morgan fingerprint density at radius 1 is 1.69 bits per heavy atom. The van der Waals surface area contributed by atoms with Crippen LogP contribution in [0.2, 0.25) is 0 Å². The van der Waals surface area contributed by atoms with Crippen molar-refractivity contribution in [2.24, 2.45) is 10.7 Å². The molecule has 13 heavy (non-hydrogen) atoms. The number of carbonyl (C=O) groups excluding carboxylic acids is 1. The minimum absolute atomic E-state index is 0.145. The molecule has 74 valence electrons. The molecule has 1 fully saturated rings. The van der Waals surface area contributed by atoms with Gasteiger partial charge in [-0.2, -0.15) is 0 Å². The van der Waals surface area contributed by atoms with Gasteiger partial charge >= 0.3 is 6.03 Å². The van der Waals surface area contributed by atoms with E-state index in [9.17, 15) is 4.79 Å². The number of aliphatic imine (C=N–C) groups is 1. The van der Waals surface area contributed by atoms with Crippen LogP contribution in [0.5, 0.6) is 0 Å². The summed E-state index contributed by atoms with van der Waals surface area (Å²) >= 11 is 0. The van der Waals surface area contributed by atoms with Gasteiger partial charge in [0.2, 0.25) is 0 Å². The summed E-state index contributed by atoms with van der Waals surface area (Å²) in [6, 6.07) is -0.145. The van der Waals surface area contributed by atoms with E-state index in [1.54, 1.807) is 7.05 Å². The Kier molecular flexibility index (Phi) is 3.32. The van der Waals surface area contributed by atoms with Gasteiger partial charge in [0.15, 0.2) is 5.96 Å². The van der Waals surface area contributed by atoms with Crippen LogP contribution in [0.25, 0.3) is 0 Å². The second-order valence-corrected chi connectivity index (χ2v) is 2.61. The highest BCUT2D eigenvalue weighted by Gasteiger charge is 2.12. The number of amides is 2. The summed E-state index contributed by atoms with van der Waals surface area (Å²) in [5.74, 6) is 0.386. The van der Waals surface area contributed by atoms with E-state index in [4.69, 9.17) is 5.73 Å². The summed E-state index contributed by atoms with van der Waals surface area (Å²) in [7, 11) is 1.61. The fraction of sp³-hybridized carbons (Fsp3) is 0.667. The van der Waals surface area contributed by atoms with Gasteiger partial charge in [0, 0.05) is 7.05 Å². The van der Waals surface area contributed by atoms with E-state index in [2.05, 4.69) is 20.9 Å². The highest BCUT2D eigenvalue weighted by molar-refractivity contribution is 5.77. The van der Waals surface area contributed by atoms with Crippen molar-refractivity contribution in [1.82, 2.24) is 20.9 Å². The van der Waals surface area contributed by atoms with E-state index in [-0.39, 0.29) is 6.03 Å². The molecule has 0 bridgehead atoms. The molecule has 7 heteroatoms. The second-order valence-electron chi connectivity index (χ2n) is 2.61. The normalized spacial score (nSPS) is 19.2. The van der Waals surface area contributed by atoms with Crippen LogP contribution >= 0.6 is 0 Å². The number of nitrogens with one attached hydrogen (secondary N) is 3. The average molecular weight is 186 g/mol. The van der Waals surface area contributed by atoms with Gasteiger partial charge in [0.25, 0.3) is 0 Å². The SMILES string of the molecule is C/N=C(\N)NCN1CNC(=O)NC1. The van der Waals surface area contributed by atoms with Crippen molar-refractivity contribution in [3.8, 4) is 0 Å². The zero-order valence-corrected chi connectivity index (χ0v) is 7.50. The number of guanidine groups is 1. The molecule has 1 heterocycles. The Morgan fingerprint density at radius 2 is 2.31 bits per heavy atom. The number of hydrogen-bond donors (Lipinski definition) is 4. The fourth-order valence-corrected chi connectivity index (χ4v) is 0.869. The van der Waals surface area contributed by atoms with Crippen LogP contribution in [-0.4, -0.2) is 43.9 Å². The average Bonchev–Trinajstić information content (AvgIpc) is 2.16. The molecule has 0 aromatic carbocycles. The maximum Gasteiger partial charge on any atom is 0.316 e. The van der Waals surface area contributed by atoms with Gasteiger partial charge in [-0.1, -0.05) is 0 Å². The molecule has 1 aliphatic rings. The summed E-state index contributed by atoms with van der Waals surface area (Å²) in [5.41, 5.74) is 5.42. The van der Waals surface area contributed by atoms with Crippen LogP contribution in [0.1, 0.15) is 0 Å². The van der Waals surface area contributed by atoms with Crippen molar-refractivity contribution < 1.29 is 4.79 Å². The Bertz CT molecular complexity index is 205. The molecule has 2 amide bonds. The third-order valence-corrected chi connectivity index (χ3v) is 1.65. The second kappa shape index (κ2) is 4.51. The van der Waals surface area contributed by atoms with E-state index >= 15 is 0 Å². The van der Waals surface area contributed by atoms with Crippen molar-refractivity contribution in [2.75, 3.05) is 27.1 Å². The minimum atomic E-state index is -0.145. The van der Waals surface area contributed by atoms with Gasteiger partial charge in [0.05, 0.1) is 20.0 Å². The zero-order valence-electron chi connectivity index (χ0n) is 7.50. The zero-order chi connectivity index (χ0) is 9.68. The molecule has 0 radical (unpaired) electrons. The van der Waals surface area contributed by atoms with E-state index in [1.165, 1.54) is 0 Å². The standard InChI is InChI=1S/C6H14N6O/c1-8-5(7)9-2-12-3-10-6(13)11-4-12/h2-4H2,1H3,(H3,7,8,9)(H2,10,11,13). The van der Waals surface area contributed by atoms with E-state index in [0.29, 0.717) is 26.0 Å². The Balaban J connectivity index is 2.19. The molecular formula is C6H14N6O. The van der Waals surface area contributed by atoms with Gasteiger partial charge in [-0.05, 0) is 0 Å². The first-order chi connectivity index (χ1) is 6.22.